The van der Waals surface area contributed by atoms with Crippen LogP contribution in [0.25, 0.3) is 0 Å². The largest absolute Gasteiger partial charge is 0.383 e. The van der Waals surface area contributed by atoms with Gasteiger partial charge in [0, 0.05) is 31.8 Å². The molecule has 0 aromatic carbocycles. The molecule has 0 spiro atoms. The van der Waals surface area contributed by atoms with E-state index in [-0.39, 0.29) is 0 Å². The van der Waals surface area contributed by atoms with Gasteiger partial charge in [0.1, 0.15) is 16.8 Å². The van der Waals surface area contributed by atoms with Crippen molar-refractivity contribution in [2.45, 2.75) is 86.9 Å². The number of hydrogen-bond donors (Lipinski definition) is 6. The number of carbonyl (C=O) groups is 1. The monoisotopic (exact) mass is 397 g/mol. The summed E-state index contributed by atoms with van der Waals surface area (Å²) >= 11 is 0. The smallest absolute Gasteiger partial charge is 0.255 e. The zero-order valence-corrected chi connectivity index (χ0v) is 16.2. The van der Waals surface area contributed by atoms with Gasteiger partial charge in [-0.25, -0.2) is 4.98 Å². The fraction of sp³-hybridized carbons (Fsp3) is 0.789. The summed E-state index contributed by atoms with van der Waals surface area (Å²) < 4.78 is 1.19. The number of fused-ring (bicyclic) bond motifs is 1. The van der Waals surface area contributed by atoms with Crippen LogP contribution in [0.4, 0.5) is 0 Å². The first kappa shape index (κ1) is 21.2. The molecule has 3 rings (SSSR count). The molecule has 158 valence electrons. The summed E-state index contributed by atoms with van der Waals surface area (Å²) in [6, 6.07) is 0. The Kier molecular flexibility index (Phi) is 5.59. The van der Waals surface area contributed by atoms with Gasteiger partial charge in [-0.3, -0.25) is 4.79 Å². The van der Waals surface area contributed by atoms with Crippen molar-refractivity contribution >= 4 is 5.91 Å². The Morgan fingerprint density at radius 1 is 1.11 bits per heavy atom. The molecule has 2 fully saturated rings. The van der Waals surface area contributed by atoms with Crippen molar-refractivity contribution in [2.24, 2.45) is 0 Å². The first-order valence-electron chi connectivity index (χ1n) is 9.99. The van der Waals surface area contributed by atoms with Gasteiger partial charge in [-0.1, -0.05) is 39.0 Å². The van der Waals surface area contributed by atoms with Gasteiger partial charge in [0.05, 0.1) is 6.33 Å². The number of amides is 1. The second-order valence-corrected chi connectivity index (χ2v) is 8.27. The Balaban J connectivity index is 1.56. The minimum absolute atomic E-state index is 0.365. The van der Waals surface area contributed by atoms with E-state index in [4.69, 9.17) is 0 Å². The van der Waals surface area contributed by atoms with Gasteiger partial charge < -0.3 is 35.4 Å². The number of nitrogens with zero attached hydrogens (tertiary/aromatic N) is 2. The van der Waals surface area contributed by atoms with Crippen LogP contribution in [0.15, 0.2) is 18.7 Å². The highest BCUT2D eigenvalue weighted by Crippen LogP contribution is 2.69. The van der Waals surface area contributed by atoms with Crippen LogP contribution in [0, 0.1) is 0 Å². The summed E-state index contributed by atoms with van der Waals surface area (Å²) in [5, 5.41) is 55.9. The summed E-state index contributed by atoms with van der Waals surface area (Å²) in [6.45, 7) is 2.51. The van der Waals surface area contributed by atoms with Crippen LogP contribution in [-0.2, 0) is 4.79 Å². The van der Waals surface area contributed by atoms with Crippen LogP contribution in [0.2, 0.25) is 0 Å². The lowest BCUT2D eigenvalue weighted by Crippen LogP contribution is -2.98. The number of imidazole rings is 1. The fourth-order valence-corrected chi connectivity index (χ4v) is 4.62. The highest BCUT2D eigenvalue weighted by molar-refractivity contribution is 5.90. The Bertz CT molecular complexity index is 700. The molecule has 6 N–H and O–H groups in total. The quantitative estimate of drug-likeness (QED) is 0.294. The molecule has 0 saturated heterocycles. The number of aliphatic hydroxyl groups excluding tert-OH is 1. The highest BCUT2D eigenvalue weighted by atomic mass is 16.5. The summed E-state index contributed by atoms with van der Waals surface area (Å²) in [5.74, 6) is -0.771. The number of unbranched alkanes of at least 4 members (excludes halogenated alkanes) is 5. The molecule has 2 aliphatic rings. The van der Waals surface area contributed by atoms with Gasteiger partial charge in [0.2, 0.25) is 0 Å². The van der Waals surface area contributed by atoms with Crippen molar-refractivity contribution in [3.8, 4) is 0 Å². The molecular formula is C19H31N3O6. The Hall–Kier alpha value is -1.52. The van der Waals surface area contributed by atoms with Gasteiger partial charge in [-0.15, -0.1) is 0 Å². The predicted molar refractivity (Wildman–Crippen MR) is 98.9 cm³/mol. The summed E-state index contributed by atoms with van der Waals surface area (Å²) in [4.78, 5) is 16.2. The van der Waals surface area contributed by atoms with E-state index in [0.717, 1.165) is 32.1 Å². The molecule has 1 heterocycles. The molecule has 2 aliphatic carbocycles. The van der Waals surface area contributed by atoms with Gasteiger partial charge in [-0.2, -0.15) is 0 Å². The van der Waals surface area contributed by atoms with E-state index >= 15 is 0 Å². The van der Waals surface area contributed by atoms with E-state index in [1.54, 1.807) is 0 Å². The second-order valence-electron chi connectivity index (χ2n) is 8.27. The third-order valence-corrected chi connectivity index (χ3v) is 6.55. The number of aromatic nitrogens is 2. The van der Waals surface area contributed by atoms with Gasteiger partial charge >= 0.3 is 0 Å². The summed E-state index contributed by atoms with van der Waals surface area (Å²) in [5.41, 5.74) is -8.73. The average molecular weight is 397 g/mol. The first-order chi connectivity index (χ1) is 13.2. The van der Waals surface area contributed by atoms with E-state index in [0.29, 0.717) is 6.54 Å². The van der Waals surface area contributed by atoms with Crippen molar-refractivity contribution in [1.29, 1.82) is 0 Å². The standard InChI is InChI=1S/C19H31N3O6/c1-2-3-4-5-6-7-8-21-14(23)16(25)11-19(28)17(26,12-18(16,19)27)15(24)22-10-9-20-13-22/h9-10,13,15,24-28H,2-8,11-12H2,1H3,(H,21,23)/t15?,16-,17+,18+,19+/m0/s1. The normalized spacial score (nSPS) is 37.5. The third-order valence-electron chi connectivity index (χ3n) is 6.55. The zero-order valence-electron chi connectivity index (χ0n) is 16.2. The Morgan fingerprint density at radius 2 is 1.79 bits per heavy atom. The highest BCUT2D eigenvalue weighted by Gasteiger charge is 2.91. The zero-order chi connectivity index (χ0) is 20.6. The number of rotatable bonds is 10. The molecule has 1 aromatic rings. The topological polar surface area (TPSA) is 148 Å². The maximum atomic E-state index is 12.4. The summed E-state index contributed by atoms with van der Waals surface area (Å²) in [7, 11) is 0. The van der Waals surface area contributed by atoms with Crippen LogP contribution >= 0.6 is 0 Å². The third kappa shape index (κ3) is 2.80. The van der Waals surface area contributed by atoms with Crippen molar-refractivity contribution in [3.05, 3.63) is 18.7 Å². The predicted octanol–water partition coefficient (Wildman–Crippen LogP) is -0.417. The lowest BCUT2D eigenvalue weighted by molar-refractivity contribution is -0.459. The molecule has 28 heavy (non-hydrogen) atoms. The van der Waals surface area contributed by atoms with E-state index in [1.807, 2.05) is 0 Å². The molecular weight excluding hydrogens is 366 g/mol. The van der Waals surface area contributed by atoms with Crippen LogP contribution < -0.4 is 5.32 Å². The number of aliphatic hydroxyl groups is 5. The molecule has 0 radical (unpaired) electrons. The van der Waals surface area contributed by atoms with Crippen molar-refractivity contribution in [1.82, 2.24) is 14.9 Å². The SMILES string of the molecule is CCCCCCCCNC(=O)[C@@]1(O)C[C@]2(O)[C@@]1(O)C[C@@]2(O)C(O)n1ccnc1. The molecule has 1 unspecified atom stereocenters. The minimum atomic E-state index is -2.22. The first-order valence-corrected chi connectivity index (χ1v) is 9.99. The molecule has 1 aromatic heterocycles. The van der Waals surface area contributed by atoms with Crippen molar-refractivity contribution in [2.75, 3.05) is 6.54 Å². The van der Waals surface area contributed by atoms with Crippen LogP contribution in [-0.4, -0.2) is 69.9 Å². The van der Waals surface area contributed by atoms with E-state index in [1.165, 1.54) is 29.7 Å². The maximum absolute atomic E-state index is 12.4. The average Bonchev–Trinajstić information content (AvgIpc) is 3.20. The molecule has 9 nitrogen and oxygen atoms in total. The van der Waals surface area contributed by atoms with E-state index < -0.39 is 47.4 Å². The molecule has 5 atom stereocenters. The second kappa shape index (κ2) is 7.38. The summed E-state index contributed by atoms with van der Waals surface area (Å²) in [6.07, 6.45) is 7.68. The number of hydrogen-bond acceptors (Lipinski definition) is 7. The minimum Gasteiger partial charge on any atom is -0.383 e. The van der Waals surface area contributed by atoms with Crippen LogP contribution in [0.5, 0.6) is 0 Å². The number of carbonyl (C=O) groups excluding carboxylic acids is 1. The van der Waals surface area contributed by atoms with E-state index in [2.05, 4.69) is 17.2 Å². The Morgan fingerprint density at radius 3 is 2.36 bits per heavy atom. The Labute approximate surface area is 164 Å². The molecule has 0 aliphatic heterocycles. The fourth-order valence-electron chi connectivity index (χ4n) is 4.62. The maximum Gasteiger partial charge on any atom is 0.255 e. The van der Waals surface area contributed by atoms with Crippen molar-refractivity contribution in [3.63, 3.8) is 0 Å². The van der Waals surface area contributed by atoms with Crippen LogP contribution in [0.1, 0.15) is 64.5 Å². The molecule has 2 saturated carbocycles. The van der Waals surface area contributed by atoms with E-state index in [9.17, 15) is 30.3 Å². The molecule has 9 heteroatoms. The lowest BCUT2D eigenvalue weighted by atomic mass is 9.36. The van der Waals surface area contributed by atoms with Gasteiger partial charge in [-0.05, 0) is 6.42 Å². The number of nitrogens with one attached hydrogen (secondary N) is 1. The van der Waals surface area contributed by atoms with Crippen LogP contribution in [0.3, 0.4) is 0 Å². The lowest BCUT2D eigenvalue weighted by Gasteiger charge is -2.75. The van der Waals surface area contributed by atoms with Gasteiger partial charge in [0.25, 0.3) is 5.91 Å². The van der Waals surface area contributed by atoms with Crippen molar-refractivity contribution < 1.29 is 30.3 Å². The van der Waals surface area contributed by atoms with Gasteiger partial charge in [0.15, 0.2) is 11.8 Å². The molecule has 0 bridgehead atoms. The molecule has 1 amide bonds.